The molecule has 0 fully saturated rings. The van der Waals surface area contributed by atoms with Crippen molar-refractivity contribution in [2.75, 3.05) is 13.1 Å². The standard InChI is InChI=1S/C17H23N/c1-3-5-12-18(4-2)14-15-10-11-16-8-6-7-9-17(16)13-15/h6-11,13H,3-5,12,14H2,1-2H3. The number of fused-ring (bicyclic) bond motifs is 1. The molecule has 0 spiro atoms. The van der Waals surface area contributed by atoms with Crippen LogP contribution in [0.4, 0.5) is 0 Å². The van der Waals surface area contributed by atoms with Crippen molar-refractivity contribution in [3.8, 4) is 0 Å². The molecule has 1 nitrogen and oxygen atoms in total. The molecule has 0 aromatic heterocycles. The predicted molar refractivity (Wildman–Crippen MR) is 79.8 cm³/mol. The van der Waals surface area contributed by atoms with Gasteiger partial charge in [0.1, 0.15) is 0 Å². The van der Waals surface area contributed by atoms with Gasteiger partial charge >= 0.3 is 0 Å². The summed E-state index contributed by atoms with van der Waals surface area (Å²) < 4.78 is 0. The van der Waals surface area contributed by atoms with Crippen molar-refractivity contribution in [1.29, 1.82) is 0 Å². The van der Waals surface area contributed by atoms with Crippen LogP contribution in [0.15, 0.2) is 42.5 Å². The molecule has 2 aromatic carbocycles. The normalized spacial score (nSPS) is 11.3. The maximum absolute atomic E-state index is 2.52. The lowest BCUT2D eigenvalue weighted by Crippen LogP contribution is -2.23. The van der Waals surface area contributed by atoms with Crippen molar-refractivity contribution in [3.05, 3.63) is 48.0 Å². The Kier molecular flexibility index (Phi) is 4.77. The molecule has 18 heavy (non-hydrogen) atoms. The smallest absolute Gasteiger partial charge is 0.0233 e. The second-order valence-electron chi connectivity index (χ2n) is 4.90. The Hall–Kier alpha value is -1.34. The van der Waals surface area contributed by atoms with E-state index in [4.69, 9.17) is 0 Å². The Bertz CT molecular complexity index is 490. The second kappa shape index (κ2) is 6.55. The Balaban J connectivity index is 2.10. The van der Waals surface area contributed by atoms with Gasteiger partial charge in [-0.05, 0) is 41.9 Å². The van der Waals surface area contributed by atoms with Crippen LogP contribution in [0.25, 0.3) is 10.8 Å². The Labute approximate surface area is 110 Å². The molecule has 0 saturated carbocycles. The first kappa shape index (κ1) is 13.1. The van der Waals surface area contributed by atoms with Crippen molar-refractivity contribution in [2.24, 2.45) is 0 Å². The first-order valence-corrected chi connectivity index (χ1v) is 7.03. The SMILES string of the molecule is CCCCN(CC)Cc1ccc2ccccc2c1. The fourth-order valence-corrected chi connectivity index (χ4v) is 2.33. The zero-order valence-electron chi connectivity index (χ0n) is 11.5. The van der Waals surface area contributed by atoms with Crippen LogP contribution in [0.2, 0.25) is 0 Å². The molecule has 0 bridgehead atoms. The molecule has 96 valence electrons. The third kappa shape index (κ3) is 3.33. The summed E-state index contributed by atoms with van der Waals surface area (Å²) >= 11 is 0. The summed E-state index contributed by atoms with van der Waals surface area (Å²) in [4.78, 5) is 2.52. The molecular formula is C17H23N. The van der Waals surface area contributed by atoms with Gasteiger partial charge in [-0.2, -0.15) is 0 Å². The largest absolute Gasteiger partial charge is 0.299 e. The molecule has 0 saturated heterocycles. The lowest BCUT2D eigenvalue weighted by Gasteiger charge is -2.20. The Morgan fingerprint density at radius 2 is 1.72 bits per heavy atom. The lowest BCUT2D eigenvalue weighted by atomic mass is 10.1. The molecule has 0 amide bonds. The number of hydrogen-bond acceptors (Lipinski definition) is 1. The monoisotopic (exact) mass is 241 g/mol. The highest BCUT2D eigenvalue weighted by molar-refractivity contribution is 5.82. The molecular weight excluding hydrogens is 218 g/mol. The summed E-state index contributed by atoms with van der Waals surface area (Å²) in [5.41, 5.74) is 1.42. The summed E-state index contributed by atoms with van der Waals surface area (Å²) in [6.07, 6.45) is 2.57. The van der Waals surface area contributed by atoms with E-state index in [1.165, 1.54) is 35.7 Å². The lowest BCUT2D eigenvalue weighted by molar-refractivity contribution is 0.275. The topological polar surface area (TPSA) is 3.24 Å². The summed E-state index contributed by atoms with van der Waals surface area (Å²) in [6.45, 7) is 7.91. The van der Waals surface area contributed by atoms with Gasteiger partial charge in [0.25, 0.3) is 0 Å². The molecule has 1 heteroatoms. The Morgan fingerprint density at radius 3 is 2.44 bits per heavy atom. The molecule has 0 aliphatic rings. The highest BCUT2D eigenvalue weighted by atomic mass is 15.1. The maximum Gasteiger partial charge on any atom is 0.0233 e. The van der Waals surface area contributed by atoms with Crippen molar-refractivity contribution in [2.45, 2.75) is 33.2 Å². The quantitative estimate of drug-likeness (QED) is 0.721. The average Bonchev–Trinajstić information content (AvgIpc) is 2.43. The fraction of sp³-hybridized carbons (Fsp3) is 0.412. The molecule has 2 rings (SSSR count). The van der Waals surface area contributed by atoms with Crippen molar-refractivity contribution < 1.29 is 0 Å². The van der Waals surface area contributed by atoms with E-state index in [0.29, 0.717) is 0 Å². The van der Waals surface area contributed by atoms with Crippen LogP contribution in [0, 0.1) is 0 Å². The number of unbranched alkanes of at least 4 members (excludes halogenated alkanes) is 1. The van der Waals surface area contributed by atoms with Gasteiger partial charge in [-0.25, -0.2) is 0 Å². The minimum absolute atomic E-state index is 1.07. The minimum Gasteiger partial charge on any atom is -0.299 e. The highest BCUT2D eigenvalue weighted by Crippen LogP contribution is 2.17. The van der Waals surface area contributed by atoms with Crippen LogP contribution in [0.1, 0.15) is 32.3 Å². The third-order valence-corrected chi connectivity index (χ3v) is 3.50. The van der Waals surface area contributed by atoms with Gasteiger partial charge < -0.3 is 0 Å². The maximum atomic E-state index is 2.52. The van der Waals surface area contributed by atoms with Crippen LogP contribution in [0.3, 0.4) is 0 Å². The van der Waals surface area contributed by atoms with Gasteiger partial charge in [0.05, 0.1) is 0 Å². The van der Waals surface area contributed by atoms with E-state index in [9.17, 15) is 0 Å². The molecule has 0 aliphatic carbocycles. The van der Waals surface area contributed by atoms with Gasteiger partial charge in [-0.15, -0.1) is 0 Å². The van der Waals surface area contributed by atoms with Crippen LogP contribution >= 0.6 is 0 Å². The fourth-order valence-electron chi connectivity index (χ4n) is 2.33. The molecule has 0 atom stereocenters. The van der Waals surface area contributed by atoms with E-state index >= 15 is 0 Å². The van der Waals surface area contributed by atoms with E-state index in [1.807, 2.05) is 0 Å². The highest BCUT2D eigenvalue weighted by Gasteiger charge is 2.03. The molecule has 2 aromatic rings. The van der Waals surface area contributed by atoms with Crippen LogP contribution < -0.4 is 0 Å². The van der Waals surface area contributed by atoms with Gasteiger partial charge in [-0.1, -0.05) is 56.7 Å². The number of benzene rings is 2. The van der Waals surface area contributed by atoms with E-state index in [0.717, 1.165) is 13.1 Å². The minimum atomic E-state index is 1.07. The summed E-state index contributed by atoms with van der Waals surface area (Å²) in [5, 5.41) is 2.68. The molecule has 0 N–H and O–H groups in total. The van der Waals surface area contributed by atoms with Crippen LogP contribution in [0.5, 0.6) is 0 Å². The summed E-state index contributed by atoms with van der Waals surface area (Å²) in [6, 6.07) is 15.4. The van der Waals surface area contributed by atoms with E-state index in [-0.39, 0.29) is 0 Å². The summed E-state index contributed by atoms with van der Waals surface area (Å²) in [5.74, 6) is 0. The second-order valence-corrected chi connectivity index (χ2v) is 4.90. The first-order valence-electron chi connectivity index (χ1n) is 7.03. The van der Waals surface area contributed by atoms with Gasteiger partial charge in [0, 0.05) is 6.54 Å². The van der Waals surface area contributed by atoms with E-state index in [1.54, 1.807) is 0 Å². The van der Waals surface area contributed by atoms with Gasteiger partial charge in [0.2, 0.25) is 0 Å². The number of rotatable bonds is 6. The zero-order chi connectivity index (χ0) is 12.8. The molecule has 0 radical (unpaired) electrons. The van der Waals surface area contributed by atoms with Crippen molar-refractivity contribution in [3.63, 3.8) is 0 Å². The van der Waals surface area contributed by atoms with Crippen LogP contribution in [-0.4, -0.2) is 18.0 Å². The van der Waals surface area contributed by atoms with Crippen molar-refractivity contribution >= 4 is 10.8 Å². The molecule has 0 aliphatic heterocycles. The van der Waals surface area contributed by atoms with Crippen LogP contribution in [-0.2, 0) is 6.54 Å². The number of nitrogens with zero attached hydrogens (tertiary/aromatic N) is 1. The Morgan fingerprint density at radius 1 is 0.944 bits per heavy atom. The number of hydrogen-bond donors (Lipinski definition) is 0. The summed E-state index contributed by atoms with van der Waals surface area (Å²) in [7, 11) is 0. The molecule has 0 heterocycles. The zero-order valence-corrected chi connectivity index (χ0v) is 11.5. The first-order chi connectivity index (χ1) is 8.83. The molecule has 0 unspecified atom stereocenters. The third-order valence-electron chi connectivity index (χ3n) is 3.50. The van der Waals surface area contributed by atoms with E-state index in [2.05, 4.69) is 61.2 Å². The van der Waals surface area contributed by atoms with Crippen molar-refractivity contribution in [1.82, 2.24) is 4.90 Å². The predicted octanol–water partition coefficient (Wildman–Crippen LogP) is 4.46. The average molecular weight is 241 g/mol. The van der Waals surface area contributed by atoms with Gasteiger partial charge in [-0.3, -0.25) is 4.90 Å². The van der Waals surface area contributed by atoms with E-state index < -0.39 is 0 Å². The van der Waals surface area contributed by atoms with Gasteiger partial charge in [0.15, 0.2) is 0 Å².